The smallest absolute Gasteiger partial charge is 0.319 e. The highest BCUT2D eigenvalue weighted by Gasteiger charge is 2.38. The predicted molar refractivity (Wildman–Crippen MR) is 142 cm³/mol. The van der Waals surface area contributed by atoms with E-state index in [2.05, 4.69) is 33.2 Å². The third-order valence-corrected chi connectivity index (χ3v) is 6.78. The Kier molecular flexibility index (Phi) is 7.50. The Morgan fingerprint density at radius 2 is 1.84 bits per heavy atom. The summed E-state index contributed by atoms with van der Waals surface area (Å²) in [6.07, 6.45) is 0.826. The maximum atomic E-state index is 12.1. The molecular weight excluding hydrogens is 468 g/mol. The van der Waals surface area contributed by atoms with Crippen LogP contribution in [0.2, 0.25) is 0 Å². The Bertz CT molecular complexity index is 1350. The number of nitrogens with zero attached hydrogens (tertiary/aromatic N) is 2. The third kappa shape index (κ3) is 5.51. The third-order valence-electron chi connectivity index (χ3n) is 6.78. The number of aliphatic hydroxyl groups is 1. The van der Waals surface area contributed by atoms with Gasteiger partial charge >= 0.3 is 6.03 Å². The average molecular weight is 501 g/mol. The molecular formula is C29H32N4O4. The normalized spacial score (nSPS) is 21.6. The average Bonchev–Trinajstić information content (AvgIpc) is 3.33. The number of fused-ring (bicyclic) bond motifs is 1. The number of aromatic nitrogens is 2. The van der Waals surface area contributed by atoms with E-state index < -0.39 is 6.29 Å². The summed E-state index contributed by atoms with van der Waals surface area (Å²) in [6.45, 7) is 5.16. The molecule has 1 saturated heterocycles. The van der Waals surface area contributed by atoms with Gasteiger partial charge in [0.25, 0.3) is 0 Å². The van der Waals surface area contributed by atoms with Crippen LogP contribution in [0.1, 0.15) is 42.9 Å². The number of hydrogen-bond acceptors (Lipinski definition) is 5. The maximum absolute atomic E-state index is 12.1. The van der Waals surface area contributed by atoms with Crippen LogP contribution in [0.3, 0.4) is 0 Å². The van der Waals surface area contributed by atoms with E-state index in [1.165, 1.54) is 0 Å². The Hall–Kier alpha value is -3.72. The number of nitrogens with one attached hydrogen (secondary N) is 2. The molecule has 1 aromatic heterocycles. The molecule has 0 aliphatic carbocycles. The van der Waals surface area contributed by atoms with Gasteiger partial charge in [-0.05, 0) is 42.3 Å². The van der Waals surface area contributed by atoms with E-state index in [1.807, 2.05) is 80.0 Å². The van der Waals surface area contributed by atoms with Crippen molar-refractivity contribution in [1.29, 1.82) is 0 Å². The first kappa shape index (κ1) is 25.0. The molecule has 0 saturated carbocycles. The monoisotopic (exact) mass is 500 g/mol. The highest BCUT2D eigenvalue weighted by atomic mass is 16.7. The van der Waals surface area contributed by atoms with Crippen LogP contribution in [0, 0.1) is 5.92 Å². The molecule has 2 heterocycles. The fourth-order valence-corrected chi connectivity index (χ4v) is 4.78. The summed E-state index contributed by atoms with van der Waals surface area (Å²) in [5.41, 5.74) is 5.35. The lowest BCUT2D eigenvalue weighted by molar-refractivity contribution is -0.276. The number of amides is 2. The van der Waals surface area contributed by atoms with E-state index in [1.54, 1.807) is 0 Å². The molecule has 37 heavy (non-hydrogen) atoms. The number of aliphatic hydroxyl groups excluding tert-OH is 1. The molecule has 5 rings (SSSR count). The molecule has 3 N–H and O–H groups in total. The zero-order valence-electron chi connectivity index (χ0n) is 21.0. The second-order valence-corrected chi connectivity index (χ2v) is 9.32. The quantitative estimate of drug-likeness (QED) is 0.326. The fraction of sp³-hybridized carbons (Fsp3) is 0.310. The van der Waals surface area contributed by atoms with Crippen LogP contribution in [0.25, 0.3) is 11.0 Å². The molecule has 192 valence electrons. The first-order valence-corrected chi connectivity index (χ1v) is 12.6. The zero-order chi connectivity index (χ0) is 25.8. The number of para-hydroxylation sites is 2. The van der Waals surface area contributed by atoms with Gasteiger partial charge in [-0.2, -0.15) is 0 Å². The molecule has 1 fully saturated rings. The van der Waals surface area contributed by atoms with E-state index in [0.717, 1.165) is 27.7 Å². The number of anilines is 1. The van der Waals surface area contributed by atoms with E-state index in [-0.39, 0.29) is 30.8 Å². The summed E-state index contributed by atoms with van der Waals surface area (Å²) in [5, 5.41) is 15.1. The second-order valence-electron chi connectivity index (χ2n) is 9.32. The SMILES string of the molecule is CCNC(=O)Nc1cccc([C@@H]2O[C@H](Cn3cnc4ccccc43)[C@H](C)[C@H](c3ccc(CO)cc3)O2)c1. The topological polar surface area (TPSA) is 97.6 Å². The van der Waals surface area contributed by atoms with Crippen molar-refractivity contribution >= 4 is 22.8 Å². The van der Waals surface area contributed by atoms with Crippen molar-refractivity contribution in [1.82, 2.24) is 14.9 Å². The molecule has 0 radical (unpaired) electrons. The van der Waals surface area contributed by atoms with E-state index >= 15 is 0 Å². The number of rotatable bonds is 7. The van der Waals surface area contributed by atoms with Crippen molar-refractivity contribution < 1.29 is 19.4 Å². The summed E-state index contributed by atoms with van der Waals surface area (Å²) in [5.74, 6) is 0.0361. The van der Waals surface area contributed by atoms with Crippen molar-refractivity contribution in [3.8, 4) is 0 Å². The number of carbonyl (C=O) groups is 1. The van der Waals surface area contributed by atoms with Crippen molar-refractivity contribution in [2.45, 2.75) is 45.5 Å². The summed E-state index contributed by atoms with van der Waals surface area (Å²) in [4.78, 5) is 16.6. The number of carbonyl (C=O) groups excluding carboxylic acids is 1. The number of hydrogen-bond donors (Lipinski definition) is 3. The standard InChI is InChI=1S/C29H32N4O4/c1-3-30-29(35)32-23-8-6-7-22(15-23)28-36-26(16-33-18-31-24-9-4-5-10-25(24)33)19(2)27(37-28)21-13-11-20(17-34)12-14-21/h4-15,18-19,26-28,34H,3,16-17H2,1-2H3,(H2,30,32,35)/t19-,26+,27+,28+/m0/s1. The minimum atomic E-state index is -0.630. The first-order valence-electron chi connectivity index (χ1n) is 12.6. The van der Waals surface area contributed by atoms with Gasteiger partial charge in [0.1, 0.15) is 0 Å². The molecule has 0 bridgehead atoms. The number of urea groups is 1. The van der Waals surface area contributed by atoms with Crippen molar-refractivity contribution in [3.05, 3.63) is 95.8 Å². The Morgan fingerprint density at radius 3 is 2.62 bits per heavy atom. The second kappa shape index (κ2) is 11.1. The lowest BCUT2D eigenvalue weighted by atomic mass is 9.90. The van der Waals surface area contributed by atoms with Gasteiger partial charge in [0.15, 0.2) is 6.29 Å². The van der Waals surface area contributed by atoms with Gasteiger partial charge in [-0.1, -0.05) is 55.5 Å². The van der Waals surface area contributed by atoms with Crippen LogP contribution in [0.4, 0.5) is 10.5 Å². The van der Waals surface area contributed by atoms with E-state index in [9.17, 15) is 9.90 Å². The summed E-state index contributed by atoms with van der Waals surface area (Å²) in [7, 11) is 0. The van der Waals surface area contributed by atoms with Crippen LogP contribution >= 0.6 is 0 Å². The fourth-order valence-electron chi connectivity index (χ4n) is 4.78. The minimum absolute atomic E-state index is 0.00514. The zero-order valence-corrected chi connectivity index (χ0v) is 21.0. The Balaban J connectivity index is 1.45. The molecule has 2 amide bonds. The van der Waals surface area contributed by atoms with Crippen molar-refractivity contribution in [2.75, 3.05) is 11.9 Å². The molecule has 4 atom stereocenters. The highest BCUT2D eigenvalue weighted by molar-refractivity contribution is 5.89. The number of benzene rings is 3. The summed E-state index contributed by atoms with van der Waals surface area (Å²) >= 11 is 0. The van der Waals surface area contributed by atoms with Crippen LogP contribution in [0.5, 0.6) is 0 Å². The van der Waals surface area contributed by atoms with Gasteiger partial charge < -0.3 is 29.8 Å². The lowest BCUT2D eigenvalue weighted by Gasteiger charge is -2.41. The number of imidazole rings is 1. The van der Waals surface area contributed by atoms with Crippen LogP contribution in [-0.4, -0.2) is 33.3 Å². The summed E-state index contributed by atoms with van der Waals surface area (Å²) < 4.78 is 15.2. The molecule has 4 aromatic rings. The molecule has 3 aromatic carbocycles. The number of ether oxygens (including phenoxy) is 2. The lowest BCUT2D eigenvalue weighted by Crippen LogP contribution is -2.39. The molecule has 1 aliphatic rings. The first-order chi connectivity index (χ1) is 18.1. The molecule has 0 unspecified atom stereocenters. The van der Waals surface area contributed by atoms with Crippen LogP contribution in [-0.2, 0) is 22.6 Å². The predicted octanol–water partition coefficient (Wildman–Crippen LogP) is 5.16. The van der Waals surface area contributed by atoms with Gasteiger partial charge in [0.2, 0.25) is 0 Å². The van der Waals surface area contributed by atoms with Gasteiger partial charge in [0.05, 0.1) is 42.7 Å². The molecule has 8 nitrogen and oxygen atoms in total. The molecule has 8 heteroatoms. The van der Waals surface area contributed by atoms with Crippen molar-refractivity contribution in [2.24, 2.45) is 5.92 Å². The maximum Gasteiger partial charge on any atom is 0.319 e. The van der Waals surface area contributed by atoms with Gasteiger partial charge in [-0.25, -0.2) is 9.78 Å². The Labute approximate surface area is 216 Å². The van der Waals surface area contributed by atoms with Gasteiger partial charge in [-0.3, -0.25) is 0 Å². The summed E-state index contributed by atoms with van der Waals surface area (Å²) in [6, 6.07) is 23.2. The minimum Gasteiger partial charge on any atom is -0.392 e. The van der Waals surface area contributed by atoms with E-state index in [4.69, 9.17) is 9.47 Å². The van der Waals surface area contributed by atoms with Crippen LogP contribution in [0.15, 0.2) is 79.1 Å². The van der Waals surface area contributed by atoms with Gasteiger partial charge in [-0.15, -0.1) is 0 Å². The Morgan fingerprint density at radius 1 is 1.03 bits per heavy atom. The molecule has 0 spiro atoms. The van der Waals surface area contributed by atoms with Crippen LogP contribution < -0.4 is 10.6 Å². The highest BCUT2D eigenvalue weighted by Crippen LogP contribution is 2.42. The van der Waals surface area contributed by atoms with E-state index in [0.29, 0.717) is 18.8 Å². The molecule has 1 aliphatic heterocycles. The largest absolute Gasteiger partial charge is 0.392 e. The van der Waals surface area contributed by atoms with Gasteiger partial charge in [0, 0.05) is 23.7 Å². The van der Waals surface area contributed by atoms with Crippen molar-refractivity contribution in [3.63, 3.8) is 0 Å².